The average Bonchev–Trinajstić information content (AvgIpc) is 2.60. The van der Waals surface area contributed by atoms with E-state index in [4.69, 9.17) is 4.74 Å². The summed E-state index contributed by atoms with van der Waals surface area (Å²) in [5, 5.41) is 12.8. The molecule has 29 heavy (non-hydrogen) atoms. The lowest BCUT2D eigenvalue weighted by atomic mass is 9.76. The van der Waals surface area contributed by atoms with Crippen LogP contribution in [-0.2, 0) is 10.2 Å². The van der Waals surface area contributed by atoms with E-state index in [1.54, 1.807) is 0 Å². The van der Waals surface area contributed by atoms with E-state index in [0.29, 0.717) is 12.2 Å². The Labute approximate surface area is 175 Å². The number of fused-ring (bicyclic) bond motifs is 1. The lowest BCUT2D eigenvalue weighted by molar-refractivity contribution is -0.131. The Morgan fingerprint density at radius 1 is 1.21 bits per heavy atom. The zero-order valence-corrected chi connectivity index (χ0v) is 19.1. The van der Waals surface area contributed by atoms with Crippen LogP contribution >= 0.6 is 0 Å². The topological polar surface area (TPSA) is 49.8 Å². The predicted octanol–water partition coefficient (Wildman–Crippen LogP) is 5.65. The summed E-state index contributed by atoms with van der Waals surface area (Å²) in [4.78, 5) is 14.1. The zero-order chi connectivity index (χ0) is 21.9. The minimum absolute atomic E-state index is 0.346. The van der Waals surface area contributed by atoms with Crippen LogP contribution in [0.1, 0.15) is 70.3 Å². The molecule has 0 amide bonds. The molecule has 1 unspecified atom stereocenters. The second kappa shape index (κ2) is 9.00. The van der Waals surface area contributed by atoms with Gasteiger partial charge in [-0.1, -0.05) is 57.5 Å². The molecule has 0 heterocycles. The van der Waals surface area contributed by atoms with Crippen LogP contribution in [0, 0.1) is 6.92 Å². The third kappa shape index (κ3) is 4.81. The average molecular weight is 398 g/mol. The fraction of sp³-hybridized carbons (Fsp3) is 0.480. The first kappa shape index (κ1) is 23.0. The Bertz CT molecular complexity index is 925. The van der Waals surface area contributed by atoms with E-state index in [1.807, 2.05) is 45.3 Å². The number of aliphatic hydroxyl groups is 1. The summed E-state index contributed by atoms with van der Waals surface area (Å²) in [5.41, 5.74) is 3.56. The van der Waals surface area contributed by atoms with E-state index >= 15 is 0 Å². The van der Waals surface area contributed by atoms with Gasteiger partial charge in [-0.3, -0.25) is 4.79 Å². The van der Waals surface area contributed by atoms with Gasteiger partial charge in [0.15, 0.2) is 0 Å². The Balaban J connectivity index is 2.97. The summed E-state index contributed by atoms with van der Waals surface area (Å²) in [6.45, 7) is 11.9. The van der Waals surface area contributed by atoms with Crippen LogP contribution < -0.4 is 4.74 Å². The van der Waals surface area contributed by atoms with Crippen molar-refractivity contribution in [1.82, 2.24) is 4.90 Å². The summed E-state index contributed by atoms with van der Waals surface area (Å²) in [6, 6.07) is 7.87. The Morgan fingerprint density at radius 3 is 2.31 bits per heavy atom. The summed E-state index contributed by atoms with van der Waals surface area (Å²) >= 11 is 0. The van der Waals surface area contributed by atoms with Gasteiger partial charge in [-0.05, 0) is 36.8 Å². The van der Waals surface area contributed by atoms with Gasteiger partial charge in [0.25, 0.3) is 0 Å². The number of rotatable bonds is 7. The number of hydrogen-bond acceptors (Lipinski definition) is 4. The largest absolute Gasteiger partial charge is 0.426 e. The summed E-state index contributed by atoms with van der Waals surface area (Å²) in [5.74, 6) is 0.243. The van der Waals surface area contributed by atoms with E-state index in [0.717, 1.165) is 39.6 Å². The van der Waals surface area contributed by atoms with Crippen molar-refractivity contribution >= 4 is 16.7 Å². The third-order valence-corrected chi connectivity index (χ3v) is 5.53. The highest BCUT2D eigenvalue weighted by Gasteiger charge is 2.31. The van der Waals surface area contributed by atoms with Crippen LogP contribution in [-0.4, -0.2) is 30.1 Å². The molecule has 0 saturated carbocycles. The molecule has 0 saturated heterocycles. The number of hydrogen-bond donors (Lipinski definition) is 1. The van der Waals surface area contributed by atoms with E-state index in [9.17, 15) is 9.90 Å². The molecule has 0 bridgehead atoms. The molecule has 0 aliphatic carbocycles. The molecule has 158 valence electrons. The lowest BCUT2D eigenvalue weighted by Crippen LogP contribution is -2.23. The summed E-state index contributed by atoms with van der Waals surface area (Å²) in [7, 11) is 4.02. The summed E-state index contributed by atoms with van der Waals surface area (Å²) in [6.07, 6.45) is 3.20. The van der Waals surface area contributed by atoms with Crippen molar-refractivity contribution in [3.8, 4) is 5.75 Å². The van der Waals surface area contributed by atoms with Gasteiger partial charge < -0.3 is 14.7 Å². The van der Waals surface area contributed by atoms with Gasteiger partial charge in [-0.15, -0.1) is 0 Å². The Morgan fingerprint density at radius 2 is 1.79 bits per heavy atom. The van der Waals surface area contributed by atoms with Crippen molar-refractivity contribution in [3.05, 3.63) is 52.7 Å². The molecule has 2 rings (SSSR count). The summed E-state index contributed by atoms with van der Waals surface area (Å²) < 4.78 is 5.80. The smallest absolute Gasteiger partial charge is 0.308 e. The van der Waals surface area contributed by atoms with Crippen molar-refractivity contribution in [2.24, 2.45) is 0 Å². The van der Waals surface area contributed by atoms with Crippen molar-refractivity contribution in [1.29, 1.82) is 0 Å². The quantitative estimate of drug-likeness (QED) is 0.484. The molecule has 4 nitrogen and oxygen atoms in total. The van der Waals surface area contributed by atoms with Crippen LogP contribution in [0.3, 0.4) is 0 Å². The highest BCUT2D eigenvalue weighted by molar-refractivity contribution is 5.96. The van der Waals surface area contributed by atoms with Crippen LogP contribution in [0.2, 0.25) is 0 Å². The van der Waals surface area contributed by atoms with Gasteiger partial charge in [0, 0.05) is 43.1 Å². The fourth-order valence-electron chi connectivity index (χ4n) is 4.15. The number of nitrogens with zero attached hydrogens (tertiary/aromatic N) is 1. The first-order valence-electron chi connectivity index (χ1n) is 10.3. The molecular weight excluding hydrogens is 362 g/mol. The normalized spacial score (nSPS) is 13.5. The molecule has 2 aromatic rings. The van der Waals surface area contributed by atoms with Crippen LogP contribution in [0.15, 0.2) is 36.0 Å². The third-order valence-electron chi connectivity index (χ3n) is 5.53. The van der Waals surface area contributed by atoms with Gasteiger partial charge in [-0.2, -0.15) is 0 Å². The monoisotopic (exact) mass is 397 g/mol. The van der Waals surface area contributed by atoms with Gasteiger partial charge in [0.1, 0.15) is 5.75 Å². The second-order valence-electron chi connectivity index (χ2n) is 8.59. The van der Waals surface area contributed by atoms with Crippen molar-refractivity contribution in [2.75, 3.05) is 14.1 Å². The number of aliphatic hydroxyl groups excluding tert-OH is 1. The Kier molecular flexibility index (Phi) is 7.12. The number of allylic oxidation sites excluding steroid dienone is 2. The van der Waals surface area contributed by atoms with Gasteiger partial charge in [-0.25, -0.2) is 0 Å². The zero-order valence-electron chi connectivity index (χ0n) is 19.1. The van der Waals surface area contributed by atoms with E-state index in [1.165, 1.54) is 6.92 Å². The van der Waals surface area contributed by atoms with Gasteiger partial charge >= 0.3 is 5.97 Å². The number of carbonyl (C=O) groups is 1. The first-order valence-corrected chi connectivity index (χ1v) is 10.3. The van der Waals surface area contributed by atoms with E-state index in [2.05, 4.69) is 38.7 Å². The molecule has 0 aromatic heterocycles. The molecule has 0 radical (unpaired) electrons. The maximum Gasteiger partial charge on any atom is 0.308 e. The van der Waals surface area contributed by atoms with E-state index in [-0.39, 0.29) is 5.97 Å². The first-order chi connectivity index (χ1) is 13.5. The lowest BCUT2D eigenvalue weighted by Gasteiger charge is -2.31. The maximum absolute atomic E-state index is 12.0. The molecular formula is C25H35NO3. The van der Waals surface area contributed by atoms with Crippen molar-refractivity contribution in [2.45, 2.75) is 65.9 Å². The van der Waals surface area contributed by atoms with Crippen molar-refractivity contribution < 1.29 is 14.6 Å². The number of carbonyl (C=O) groups excluding carboxylic acids is 1. The number of esters is 1. The molecule has 1 atom stereocenters. The standard InChI is InChI=1S/C25H35NO3/c1-9-12-21(28)22-17(3)23(25(5,6)15-16(2)26(7)8)24(29-18(4)27)20-14-11-10-13-19(20)22/h10-11,13-15,21,28H,9,12H2,1-8H3/b16-15+. The molecule has 2 aromatic carbocycles. The van der Waals surface area contributed by atoms with Crippen LogP contribution in [0.5, 0.6) is 5.75 Å². The van der Waals surface area contributed by atoms with Crippen molar-refractivity contribution in [3.63, 3.8) is 0 Å². The molecule has 4 heteroatoms. The molecule has 1 N–H and O–H groups in total. The van der Waals surface area contributed by atoms with Crippen LogP contribution in [0.4, 0.5) is 0 Å². The van der Waals surface area contributed by atoms with Crippen LogP contribution in [0.25, 0.3) is 10.8 Å². The Hall–Kier alpha value is -2.33. The second-order valence-corrected chi connectivity index (χ2v) is 8.59. The molecule has 0 spiro atoms. The van der Waals surface area contributed by atoms with E-state index < -0.39 is 11.5 Å². The fourth-order valence-corrected chi connectivity index (χ4v) is 4.15. The molecule has 0 fully saturated rings. The molecule has 0 aliphatic heterocycles. The minimum atomic E-state index is -0.565. The predicted molar refractivity (Wildman–Crippen MR) is 120 cm³/mol. The van der Waals surface area contributed by atoms with Gasteiger partial charge in [0.2, 0.25) is 0 Å². The minimum Gasteiger partial charge on any atom is -0.426 e. The number of ether oxygens (including phenoxy) is 1. The SMILES string of the molecule is CCCC(O)c1c(C)c(C(C)(C)/C=C(\C)N(C)C)c(OC(C)=O)c2ccccc12. The maximum atomic E-state index is 12.0. The number of benzene rings is 2. The molecule has 0 aliphatic rings. The highest BCUT2D eigenvalue weighted by atomic mass is 16.5. The highest BCUT2D eigenvalue weighted by Crippen LogP contribution is 2.45. The van der Waals surface area contributed by atoms with Gasteiger partial charge in [0.05, 0.1) is 6.10 Å².